The van der Waals surface area contributed by atoms with Gasteiger partial charge in [-0.25, -0.2) is 8.78 Å². The second-order valence-corrected chi connectivity index (χ2v) is 4.67. The van der Waals surface area contributed by atoms with Crippen LogP contribution in [-0.4, -0.2) is 17.6 Å². The standard InChI is InChI=1S/C15H11F2NO3/c16-10-3-1-8(5-11(10)17)15(20)9-2-4-13-12(6-9)18-14(19)7-21-13/h1-6,15,20H,7H2,(H,18,19). The maximum atomic E-state index is 13.2. The van der Waals surface area contributed by atoms with E-state index in [-0.39, 0.29) is 18.1 Å². The topological polar surface area (TPSA) is 58.6 Å². The minimum Gasteiger partial charge on any atom is -0.482 e. The molecule has 1 amide bonds. The Balaban J connectivity index is 1.94. The van der Waals surface area contributed by atoms with Crippen LogP contribution < -0.4 is 10.1 Å². The van der Waals surface area contributed by atoms with Crippen LogP contribution in [0.4, 0.5) is 14.5 Å². The third-order valence-electron chi connectivity index (χ3n) is 3.21. The van der Waals surface area contributed by atoms with Crippen molar-refractivity contribution in [2.75, 3.05) is 11.9 Å². The molecule has 4 nitrogen and oxygen atoms in total. The molecular formula is C15H11F2NO3. The van der Waals surface area contributed by atoms with Crippen molar-refractivity contribution in [3.05, 3.63) is 59.2 Å². The lowest BCUT2D eigenvalue weighted by Crippen LogP contribution is -2.25. The number of carbonyl (C=O) groups is 1. The highest BCUT2D eigenvalue weighted by atomic mass is 19.2. The third-order valence-corrected chi connectivity index (χ3v) is 3.21. The fraction of sp³-hybridized carbons (Fsp3) is 0.133. The average Bonchev–Trinajstić information content (AvgIpc) is 2.48. The quantitative estimate of drug-likeness (QED) is 0.893. The van der Waals surface area contributed by atoms with Gasteiger partial charge in [-0.15, -0.1) is 0 Å². The molecule has 6 heteroatoms. The number of benzene rings is 2. The summed E-state index contributed by atoms with van der Waals surface area (Å²) in [6, 6.07) is 7.94. The molecule has 3 rings (SSSR count). The van der Waals surface area contributed by atoms with Gasteiger partial charge in [0.25, 0.3) is 5.91 Å². The second kappa shape index (κ2) is 5.14. The molecule has 108 valence electrons. The van der Waals surface area contributed by atoms with E-state index in [4.69, 9.17) is 4.74 Å². The average molecular weight is 291 g/mol. The van der Waals surface area contributed by atoms with Gasteiger partial charge in [0.1, 0.15) is 11.9 Å². The van der Waals surface area contributed by atoms with Crippen molar-refractivity contribution < 1.29 is 23.4 Å². The highest BCUT2D eigenvalue weighted by Crippen LogP contribution is 2.32. The number of rotatable bonds is 2. The van der Waals surface area contributed by atoms with Crippen LogP contribution in [-0.2, 0) is 4.79 Å². The van der Waals surface area contributed by atoms with E-state index in [1.54, 1.807) is 18.2 Å². The number of nitrogens with one attached hydrogen (secondary N) is 1. The molecule has 1 aliphatic heterocycles. The molecular weight excluding hydrogens is 280 g/mol. The summed E-state index contributed by atoms with van der Waals surface area (Å²) in [6.45, 7) is -0.0575. The van der Waals surface area contributed by atoms with Crippen molar-refractivity contribution in [3.63, 3.8) is 0 Å². The number of fused-ring (bicyclic) bond motifs is 1. The third kappa shape index (κ3) is 2.57. The summed E-state index contributed by atoms with van der Waals surface area (Å²) in [5.41, 5.74) is 1.09. The van der Waals surface area contributed by atoms with Gasteiger partial charge in [0, 0.05) is 0 Å². The molecule has 1 atom stereocenters. The van der Waals surface area contributed by atoms with Crippen molar-refractivity contribution >= 4 is 11.6 Å². The molecule has 2 aromatic carbocycles. The number of halogens is 2. The number of ether oxygens (including phenoxy) is 1. The maximum Gasteiger partial charge on any atom is 0.262 e. The van der Waals surface area contributed by atoms with E-state index in [2.05, 4.69) is 5.32 Å². The highest BCUT2D eigenvalue weighted by molar-refractivity contribution is 5.95. The number of aliphatic hydroxyl groups is 1. The van der Waals surface area contributed by atoms with Gasteiger partial charge in [-0.1, -0.05) is 12.1 Å². The fourth-order valence-electron chi connectivity index (χ4n) is 2.15. The molecule has 0 bridgehead atoms. The summed E-state index contributed by atoms with van der Waals surface area (Å²) in [4.78, 5) is 11.3. The monoisotopic (exact) mass is 291 g/mol. The molecule has 0 saturated carbocycles. The number of amides is 1. The zero-order chi connectivity index (χ0) is 15.0. The number of carbonyl (C=O) groups excluding carboxylic acids is 1. The summed E-state index contributed by atoms with van der Waals surface area (Å²) in [7, 11) is 0. The van der Waals surface area contributed by atoms with Crippen LogP contribution in [0.3, 0.4) is 0 Å². The van der Waals surface area contributed by atoms with E-state index in [1.807, 2.05) is 0 Å². The van der Waals surface area contributed by atoms with Gasteiger partial charge in [0.05, 0.1) is 5.69 Å². The van der Waals surface area contributed by atoms with Crippen LogP contribution in [0.5, 0.6) is 5.75 Å². The van der Waals surface area contributed by atoms with Crippen molar-refractivity contribution in [3.8, 4) is 5.75 Å². The van der Waals surface area contributed by atoms with E-state index < -0.39 is 17.7 Å². The van der Waals surface area contributed by atoms with E-state index in [0.717, 1.165) is 12.1 Å². The van der Waals surface area contributed by atoms with Crippen LogP contribution in [0.2, 0.25) is 0 Å². The lowest BCUT2D eigenvalue weighted by Gasteiger charge is -2.20. The lowest BCUT2D eigenvalue weighted by molar-refractivity contribution is -0.118. The summed E-state index contributed by atoms with van der Waals surface area (Å²) in [5.74, 6) is -1.80. The largest absolute Gasteiger partial charge is 0.482 e. The Morgan fingerprint density at radius 1 is 1.10 bits per heavy atom. The van der Waals surface area contributed by atoms with Crippen molar-refractivity contribution in [1.82, 2.24) is 0 Å². The molecule has 2 aromatic rings. The van der Waals surface area contributed by atoms with Crippen LogP contribution in [0, 0.1) is 11.6 Å². The predicted molar refractivity (Wildman–Crippen MR) is 71.0 cm³/mol. The molecule has 0 saturated heterocycles. The van der Waals surface area contributed by atoms with E-state index in [9.17, 15) is 18.7 Å². The van der Waals surface area contributed by atoms with E-state index in [0.29, 0.717) is 17.0 Å². The number of hydrogen-bond donors (Lipinski definition) is 2. The minimum absolute atomic E-state index is 0.0575. The highest BCUT2D eigenvalue weighted by Gasteiger charge is 2.19. The Morgan fingerprint density at radius 3 is 2.57 bits per heavy atom. The first-order valence-electron chi connectivity index (χ1n) is 6.24. The summed E-state index contributed by atoms with van der Waals surface area (Å²) >= 11 is 0. The van der Waals surface area contributed by atoms with Crippen LogP contribution in [0.1, 0.15) is 17.2 Å². The van der Waals surface area contributed by atoms with E-state index >= 15 is 0 Å². The molecule has 0 fully saturated rings. The summed E-state index contributed by atoms with van der Waals surface area (Å²) in [6.07, 6.45) is -1.13. The Bertz CT molecular complexity index is 718. The van der Waals surface area contributed by atoms with Gasteiger partial charge < -0.3 is 15.2 Å². The molecule has 0 aliphatic carbocycles. The van der Waals surface area contributed by atoms with Gasteiger partial charge in [-0.2, -0.15) is 0 Å². The maximum absolute atomic E-state index is 13.2. The predicted octanol–water partition coefficient (Wildman–Crippen LogP) is 2.38. The van der Waals surface area contributed by atoms with Gasteiger partial charge in [-0.05, 0) is 35.4 Å². The van der Waals surface area contributed by atoms with Crippen LogP contribution >= 0.6 is 0 Å². The first-order valence-corrected chi connectivity index (χ1v) is 6.24. The molecule has 1 unspecified atom stereocenters. The summed E-state index contributed by atoms with van der Waals surface area (Å²) in [5, 5.41) is 12.9. The molecule has 0 radical (unpaired) electrons. The SMILES string of the molecule is O=C1COc2ccc(C(O)c3ccc(F)c(F)c3)cc2N1. The van der Waals surface area contributed by atoms with Crippen molar-refractivity contribution in [2.45, 2.75) is 6.10 Å². The van der Waals surface area contributed by atoms with Crippen molar-refractivity contribution in [2.24, 2.45) is 0 Å². The molecule has 1 heterocycles. The Morgan fingerprint density at radius 2 is 1.81 bits per heavy atom. The second-order valence-electron chi connectivity index (χ2n) is 4.67. The fourth-order valence-corrected chi connectivity index (χ4v) is 2.15. The Hall–Kier alpha value is -2.47. The smallest absolute Gasteiger partial charge is 0.262 e. The van der Waals surface area contributed by atoms with Gasteiger partial charge in [0.2, 0.25) is 0 Å². The number of aliphatic hydroxyl groups excluding tert-OH is 1. The number of anilines is 1. The Labute approximate surface area is 119 Å². The van der Waals surface area contributed by atoms with Gasteiger partial charge >= 0.3 is 0 Å². The molecule has 1 aliphatic rings. The van der Waals surface area contributed by atoms with Gasteiger partial charge in [-0.3, -0.25) is 4.79 Å². The Kier molecular flexibility index (Phi) is 3.31. The normalized spacial score (nSPS) is 14.9. The van der Waals surface area contributed by atoms with Gasteiger partial charge in [0.15, 0.2) is 18.2 Å². The first-order chi connectivity index (χ1) is 10.0. The molecule has 0 aromatic heterocycles. The van der Waals surface area contributed by atoms with E-state index in [1.165, 1.54) is 6.07 Å². The molecule has 0 spiro atoms. The number of hydrogen-bond acceptors (Lipinski definition) is 3. The first kappa shape index (κ1) is 13.5. The minimum atomic E-state index is -1.13. The van der Waals surface area contributed by atoms with Crippen LogP contribution in [0.25, 0.3) is 0 Å². The van der Waals surface area contributed by atoms with Crippen LogP contribution in [0.15, 0.2) is 36.4 Å². The lowest BCUT2D eigenvalue weighted by atomic mass is 10.0. The molecule has 2 N–H and O–H groups in total. The van der Waals surface area contributed by atoms with Crippen molar-refractivity contribution in [1.29, 1.82) is 0 Å². The zero-order valence-electron chi connectivity index (χ0n) is 10.8. The zero-order valence-corrected chi connectivity index (χ0v) is 10.8. The molecule has 21 heavy (non-hydrogen) atoms. The summed E-state index contributed by atoms with van der Waals surface area (Å²) < 4.78 is 31.3.